The van der Waals surface area contributed by atoms with Crippen LogP contribution in [0.3, 0.4) is 0 Å². The Balaban J connectivity index is 1.64. The highest BCUT2D eigenvalue weighted by atomic mass is 35.5. The lowest BCUT2D eigenvalue weighted by atomic mass is 10.2. The van der Waals surface area contributed by atoms with Crippen molar-refractivity contribution in [2.24, 2.45) is 0 Å². The monoisotopic (exact) mass is 405 g/mol. The minimum absolute atomic E-state index is 0.0139. The van der Waals surface area contributed by atoms with E-state index in [2.05, 4.69) is 10.4 Å². The Labute approximate surface area is 161 Å². The summed E-state index contributed by atoms with van der Waals surface area (Å²) < 4.78 is 18.6. The summed E-state index contributed by atoms with van der Waals surface area (Å²) in [7, 11) is 0. The molecule has 144 valence electrons. The van der Waals surface area contributed by atoms with E-state index < -0.39 is 42.0 Å². The number of aromatic nitrogens is 2. The van der Waals surface area contributed by atoms with Gasteiger partial charge < -0.3 is 10.1 Å². The lowest BCUT2D eigenvalue weighted by molar-refractivity contribution is -0.148. The number of fused-ring (bicyclic) bond motifs is 1. The van der Waals surface area contributed by atoms with Crippen LogP contribution in [0.2, 0.25) is 5.02 Å². The largest absolute Gasteiger partial charge is 0.454 e. The molecule has 2 N–H and O–H groups in total. The van der Waals surface area contributed by atoms with Gasteiger partial charge in [-0.25, -0.2) is 9.07 Å². The zero-order valence-electron chi connectivity index (χ0n) is 14.2. The molecule has 0 aliphatic rings. The van der Waals surface area contributed by atoms with Crippen LogP contribution in [0, 0.1) is 5.82 Å². The highest BCUT2D eigenvalue weighted by Crippen LogP contribution is 2.22. The fraction of sp³-hybridized carbons (Fsp3) is 0.111. The molecule has 0 radical (unpaired) electrons. The lowest BCUT2D eigenvalue weighted by Gasteiger charge is -2.09. The molecule has 1 heterocycles. The Hall–Kier alpha value is -3.46. The number of carbonyl (C=O) groups excluding carboxylic acids is 2. The number of amides is 1. The number of ether oxygens (including phenoxy) is 1. The van der Waals surface area contributed by atoms with E-state index >= 15 is 0 Å². The van der Waals surface area contributed by atoms with Gasteiger partial charge in [-0.1, -0.05) is 23.7 Å². The molecule has 0 atom stereocenters. The molecule has 3 rings (SSSR count). The molecule has 10 heteroatoms. The number of nitrogens with zero attached hydrogens (tertiary/aromatic N) is 1. The maximum absolute atomic E-state index is 13.0. The highest BCUT2D eigenvalue weighted by molar-refractivity contribution is 6.33. The second kappa shape index (κ2) is 8.05. The number of halogens is 2. The third kappa shape index (κ3) is 4.26. The Kier molecular flexibility index (Phi) is 5.55. The summed E-state index contributed by atoms with van der Waals surface area (Å²) in [5, 5.41) is 4.99. The second-order valence-corrected chi connectivity index (χ2v) is 6.12. The van der Waals surface area contributed by atoms with Crippen molar-refractivity contribution in [3.63, 3.8) is 0 Å². The fourth-order valence-electron chi connectivity index (χ4n) is 2.46. The summed E-state index contributed by atoms with van der Waals surface area (Å²) in [6, 6.07) is 9.55. The summed E-state index contributed by atoms with van der Waals surface area (Å²) in [5.74, 6) is -2.18. The average molecular weight is 406 g/mol. The number of carbonyl (C=O) groups is 2. The van der Waals surface area contributed by atoms with Crippen LogP contribution in [0.4, 0.5) is 10.1 Å². The van der Waals surface area contributed by atoms with E-state index in [0.29, 0.717) is 0 Å². The zero-order valence-corrected chi connectivity index (χ0v) is 15.0. The summed E-state index contributed by atoms with van der Waals surface area (Å²) >= 11 is 5.79. The number of hydrogen-bond donors (Lipinski definition) is 2. The molecule has 2 aromatic carbocycles. The smallest absolute Gasteiger partial charge is 0.328 e. The van der Waals surface area contributed by atoms with E-state index in [4.69, 9.17) is 16.3 Å². The standard InChI is InChI=1S/C18H13ClFN3O5/c19-13-7-10(20)5-6-14(13)21-15(24)9-28-16(25)8-23-18(27)12-4-2-1-3-11(12)17(26)22-23/h1-7H,8-9H2,(H,21,24)(H,22,26). The Morgan fingerprint density at radius 3 is 2.57 bits per heavy atom. The molecule has 0 aliphatic heterocycles. The number of H-pyrrole nitrogens is 1. The number of nitrogens with one attached hydrogen (secondary N) is 2. The van der Waals surface area contributed by atoms with Crippen molar-refractivity contribution in [3.8, 4) is 0 Å². The van der Waals surface area contributed by atoms with Gasteiger partial charge in [-0.05, 0) is 30.3 Å². The van der Waals surface area contributed by atoms with Crippen molar-refractivity contribution >= 4 is 39.9 Å². The van der Waals surface area contributed by atoms with Gasteiger partial charge >= 0.3 is 5.97 Å². The first-order valence-electron chi connectivity index (χ1n) is 7.97. The maximum Gasteiger partial charge on any atom is 0.328 e. The van der Waals surface area contributed by atoms with Gasteiger partial charge in [0.05, 0.1) is 21.5 Å². The first kappa shape index (κ1) is 19.3. The molecule has 3 aromatic rings. The van der Waals surface area contributed by atoms with E-state index in [1.54, 1.807) is 12.1 Å². The van der Waals surface area contributed by atoms with Crippen molar-refractivity contribution in [1.29, 1.82) is 0 Å². The van der Waals surface area contributed by atoms with Gasteiger partial charge in [0.15, 0.2) is 6.61 Å². The van der Waals surface area contributed by atoms with Gasteiger partial charge in [0.2, 0.25) is 0 Å². The number of aromatic amines is 1. The van der Waals surface area contributed by atoms with Gasteiger partial charge in [-0.3, -0.25) is 24.3 Å². The van der Waals surface area contributed by atoms with Gasteiger partial charge in [0.1, 0.15) is 12.4 Å². The SMILES string of the molecule is O=C(COC(=O)Cn1[nH]c(=O)c2ccccc2c1=O)Nc1ccc(F)cc1Cl. The minimum Gasteiger partial charge on any atom is -0.454 e. The molecule has 0 saturated carbocycles. The Morgan fingerprint density at radius 1 is 1.14 bits per heavy atom. The summed E-state index contributed by atoms with van der Waals surface area (Å²) in [5.41, 5.74) is -0.958. The first-order valence-corrected chi connectivity index (χ1v) is 8.35. The minimum atomic E-state index is -0.909. The number of esters is 1. The molecule has 0 unspecified atom stereocenters. The molecule has 1 amide bonds. The number of anilines is 1. The molecule has 8 nitrogen and oxygen atoms in total. The zero-order chi connectivity index (χ0) is 20.3. The molecular formula is C18H13ClFN3O5. The molecule has 0 saturated heterocycles. The average Bonchev–Trinajstić information content (AvgIpc) is 2.66. The quantitative estimate of drug-likeness (QED) is 0.627. The third-order valence-electron chi connectivity index (χ3n) is 3.74. The van der Waals surface area contributed by atoms with E-state index in [1.807, 2.05) is 0 Å². The second-order valence-electron chi connectivity index (χ2n) is 5.71. The van der Waals surface area contributed by atoms with Crippen molar-refractivity contribution in [2.45, 2.75) is 6.54 Å². The summed E-state index contributed by atoms with van der Waals surface area (Å²) in [6.45, 7) is -1.23. The predicted molar refractivity (Wildman–Crippen MR) is 99.8 cm³/mol. The van der Waals surface area contributed by atoms with Crippen LogP contribution in [0.5, 0.6) is 0 Å². The van der Waals surface area contributed by atoms with Crippen LogP contribution in [-0.4, -0.2) is 28.3 Å². The molecular weight excluding hydrogens is 393 g/mol. The third-order valence-corrected chi connectivity index (χ3v) is 4.05. The van der Waals surface area contributed by atoms with Crippen LogP contribution in [0.1, 0.15) is 0 Å². The number of hydrogen-bond acceptors (Lipinski definition) is 5. The molecule has 0 spiro atoms. The van der Waals surface area contributed by atoms with Crippen molar-refractivity contribution in [1.82, 2.24) is 9.78 Å². The van der Waals surface area contributed by atoms with E-state index in [-0.39, 0.29) is 21.5 Å². The first-order chi connectivity index (χ1) is 13.3. The number of rotatable bonds is 5. The topological polar surface area (TPSA) is 110 Å². The highest BCUT2D eigenvalue weighted by Gasteiger charge is 2.13. The predicted octanol–water partition coefficient (Wildman–Crippen LogP) is 1.66. The van der Waals surface area contributed by atoms with Crippen molar-refractivity contribution < 1.29 is 18.7 Å². The van der Waals surface area contributed by atoms with E-state index in [9.17, 15) is 23.6 Å². The Bertz CT molecular complexity index is 1190. The van der Waals surface area contributed by atoms with Gasteiger partial charge in [0, 0.05) is 0 Å². The molecule has 28 heavy (non-hydrogen) atoms. The van der Waals surface area contributed by atoms with Crippen LogP contribution in [0.25, 0.3) is 10.8 Å². The maximum atomic E-state index is 13.0. The van der Waals surface area contributed by atoms with Gasteiger partial charge in [0.25, 0.3) is 17.0 Å². The van der Waals surface area contributed by atoms with E-state index in [0.717, 1.165) is 16.8 Å². The normalized spacial score (nSPS) is 10.6. The molecule has 1 aromatic heterocycles. The molecule has 0 bridgehead atoms. The summed E-state index contributed by atoms with van der Waals surface area (Å²) in [4.78, 5) is 48.1. The van der Waals surface area contributed by atoms with Crippen molar-refractivity contribution in [2.75, 3.05) is 11.9 Å². The van der Waals surface area contributed by atoms with Gasteiger partial charge in [-0.15, -0.1) is 0 Å². The fourth-order valence-corrected chi connectivity index (χ4v) is 2.67. The Morgan fingerprint density at radius 2 is 1.86 bits per heavy atom. The summed E-state index contributed by atoms with van der Waals surface area (Å²) in [6.07, 6.45) is 0. The van der Waals surface area contributed by atoms with E-state index in [1.165, 1.54) is 18.2 Å². The molecule has 0 fully saturated rings. The van der Waals surface area contributed by atoms with Crippen LogP contribution >= 0.6 is 11.6 Å². The van der Waals surface area contributed by atoms with Crippen LogP contribution in [-0.2, 0) is 20.9 Å². The van der Waals surface area contributed by atoms with Gasteiger partial charge in [-0.2, -0.15) is 0 Å². The molecule has 0 aliphatic carbocycles. The number of benzene rings is 2. The van der Waals surface area contributed by atoms with Crippen LogP contribution < -0.4 is 16.4 Å². The van der Waals surface area contributed by atoms with Crippen molar-refractivity contribution in [3.05, 3.63) is 74.0 Å². The van der Waals surface area contributed by atoms with Crippen LogP contribution in [0.15, 0.2) is 52.1 Å². The lowest BCUT2D eigenvalue weighted by Crippen LogP contribution is -2.33.